The van der Waals surface area contributed by atoms with Gasteiger partial charge in [-0.2, -0.15) is 0 Å². The molecule has 0 amide bonds. The van der Waals surface area contributed by atoms with E-state index in [9.17, 15) is 13.2 Å². The van der Waals surface area contributed by atoms with Gasteiger partial charge in [0.2, 0.25) is 10.0 Å². The smallest absolute Gasteiger partial charge is 0.215 e. The standard InChI is InChI=1S/C10H19NO4S/c1-3-10(12)8(2)11-16(13,14)9-4-6-15-7-5-9/h8-9,11H,3-7H2,1-2H3. The fourth-order valence-corrected chi connectivity index (χ4v) is 3.33. The predicted octanol–water partition coefficient (Wildman–Crippen LogP) is 0.452. The fourth-order valence-electron chi connectivity index (χ4n) is 1.70. The topological polar surface area (TPSA) is 72.5 Å². The van der Waals surface area contributed by atoms with Gasteiger partial charge in [0.05, 0.1) is 11.3 Å². The summed E-state index contributed by atoms with van der Waals surface area (Å²) >= 11 is 0. The molecule has 1 N–H and O–H groups in total. The zero-order valence-electron chi connectivity index (χ0n) is 9.73. The molecule has 1 aliphatic heterocycles. The van der Waals surface area contributed by atoms with Crippen LogP contribution in [0.5, 0.6) is 0 Å². The lowest BCUT2D eigenvalue weighted by atomic mass is 10.2. The molecule has 0 bridgehead atoms. The van der Waals surface area contributed by atoms with E-state index in [1.807, 2.05) is 0 Å². The Hall–Kier alpha value is -0.460. The van der Waals surface area contributed by atoms with Crippen molar-refractivity contribution in [1.82, 2.24) is 4.72 Å². The number of nitrogens with one attached hydrogen (secondary N) is 1. The van der Waals surface area contributed by atoms with Gasteiger partial charge in [-0.1, -0.05) is 6.92 Å². The van der Waals surface area contributed by atoms with E-state index in [1.165, 1.54) is 0 Å². The van der Waals surface area contributed by atoms with Gasteiger partial charge in [0, 0.05) is 19.6 Å². The highest BCUT2D eigenvalue weighted by atomic mass is 32.2. The van der Waals surface area contributed by atoms with Crippen LogP contribution in [0.15, 0.2) is 0 Å². The maximum atomic E-state index is 11.9. The van der Waals surface area contributed by atoms with Crippen molar-refractivity contribution < 1.29 is 17.9 Å². The van der Waals surface area contributed by atoms with Gasteiger partial charge in [-0.25, -0.2) is 13.1 Å². The summed E-state index contributed by atoms with van der Waals surface area (Å²) in [5.41, 5.74) is 0. The zero-order valence-corrected chi connectivity index (χ0v) is 10.5. The molecule has 0 aliphatic carbocycles. The summed E-state index contributed by atoms with van der Waals surface area (Å²) in [5, 5.41) is -0.423. The number of hydrogen-bond acceptors (Lipinski definition) is 4. The second kappa shape index (κ2) is 5.75. The van der Waals surface area contributed by atoms with Crippen LogP contribution in [-0.4, -0.2) is 38.7 Å². The van der Waals surface area contributed by atoms with Crippen LogP contribution in [-0.2, 0) is 19.6 Å². The highest BCUT2D eigenvalue weighted by molar-refractivity contribution is 7.90. The van der Waals surface area contributed by atoms with E-state index >= 15 is 0 Å². The molecule has 16 heavy (non-hydrogen) atoms. The predicted molar refractivity (Wildman–Crippen MR) is 60.7 cm³/mol. The van der Waals surface area contributed by atoms with Crippen LogP contribution >= 0.6 is 0 Å². The molecule has 0 aromatic carbocycles. The molecule has 1 fully saturated rings. The van der Waals surface area contributed by atoms with Crippen molar-refractivity contribution in [1.29, 1.82) is 0 Å². The third-order valence-electron chi connectivity index (χ3n) is 2.78. The van der Waals surface area contributed by atoms with Crippen LogP contribution in [0.4, 0.5) is 0 Å². The molecule has 0 spiro atoms. The minimum Gasteiger partial charge on any atom is -0.381 e. The van der Waals surface area contributed by atoms with Crippen LogP contribution in [0.3, 0.4) is 0 Å². The molecule has 1 unspecified atom stereocenters. The van der Waals surface area contributed by atoms with E-state index in [-0.39, 0.29) is 5.78 Å². The average molecular weight is 249 g/mol. The Morgan fingerprint density at radius 2 is 2.00 bits per heavy atom. The molecule has 1 aliphatic rings. The fraction of sp³-hybridized carbons (Fsp3) is 0.900. The molecular formula is C10H19NO4S. The molecule has 0 radical (unpaired) electrons. The Morgan fingerprint density at radius 1 is 1.44 bits per heavy atom. The lowest BCUT2D eigenvalue weighted by molar-refractivity contribution is -0.119. The van der Waals surface area contributed by atoms with E-state index in [4.69, 9.17) is 4.74 Å². The highest BCUT2D eigenvalue weighted by Crippen LogP contribution is 2.15. The van der Waals surface area contributed by atoms with Crippen LogP contribution < -0.4 is 4.72 Å². The zero-order chi connectivity index (χ0) is 12.2. The number of carbonyl (C=O) groups excluding carboxylic acids is 1. The van der Waals surface area contributed by atoms with Crippen molar-refractivity contribution in [3.63, 3.8) is 0 Å². The van der Waals surface area contributed by atoms with Crippen LogP contribution in [0.1, 0.15) is 33.1 Å². The first kappa shape index (κ1) is 13.6. The summed E-state index contributed by atoms with van der Waals surface area (Å²) in [6.07, 6.45) is 1.35. The second-order valence-electron chi connectivity index (χ2n) is 4.02. The monoisotopic (exact) mass is 249 g/mol. The van der Waals surface area contributed by atoms with Crippen molar-refractivity contribution in [3.05, 3.63) is 0 Å². The van der Waals surface area contributed by atoms with Crippen molar-refractivity contribution in [2.24, 2.45) is 0 Å². The molecule has 0 aromatic rings. The van der Waals surface area contributed by atoms with Gasteiger partial charge in [-0.05, 0) is 19.8 Å². The molecule has 0 aromatic heterocycles. The van der Waals surface area contributed by atoms with E-state index in [2.05, 4.69) is 4.72 Å². The number of rotatable bonds is 5. The highest BCUT2D eigenvalue weighted by Gasteiger charge is 2.29. The Labute approximate surface area is 96.6 Å². The average Bonchev–Trinajstić information content (AvgIpc) is 2.28. The third-order valence-corrected chi connectivity index (χ3v) is 4.81. The summed E-state index contributed by atoms with van der Waals surface area (Å²) in [5.74, 6) is -0.0874. The van der Waals surface area contributed by atoms with Gasteiger partial charge in [0.15, 0.2) is 0 Å². The summed E-state index contributed by atoms with van der Waals surface area (Å²) in [6.45, 7) is 4.26. The number of ketones is 1. The van der Waals surface area contributed by atoms with Gasteiger partial charge in [0.1, 0.15) is 5.78 Å². The van der Waals surface area contributed by atoms with E-state index < -0.39 is 21.3 Å². The van der Waals surface area contributed by atoms with Crippen LogP contribution in [0, 0.1) is 0 Å². The van der Waals surface area contributed by atoms with Crippen LogP contribution in [0.2, 0.25) is 0 Å². The molecule has 1 atom stereocenters. The van der Waals surface area contributed by atoms with Gasteiger partial charge in [-0.3, -0.25) is 4.79 Å². The van der Waals surface area contributed by atoms with Gasteiger partial charge in [-0.15, -0.1) is 0 Å². The summed E-state index contributed by atoms with van der Waals surface area (Å²) in [7, 11) is -3.39. The SMILES string of the molecule is CCC(=O)C(C)NS(=O)(=O)C1CCOCC1. The third kappa shape index (κ3) is 3.54. The maximum absolute atomic E-state index is 11.9. The summed E-state index contributed by atoms with van der Waals surface area (Å²) in [4.78, 5) is 11.3. The van der Waals surface area contributed by atoms with Crippen molar-refractivity contribution in [2.75, 3.05) is 13.2 Å². The number of sulfonamides is 1. The molecule has 0 saturated carbocycles. The quantitative estimate of drug-likeness (QED) is 0.768. The maximum Gasteiger partial charge on any atom is 0.215 e. The first-order valence-corrected chi connectivity index (χ1v) is 7.13. The Bertz CT molecular complexity index is 333. The number of carbonyl (C=O) groups is 1. The molecule has 1 rings (SSSR count). The Morgan fingerprint density at radius 3 is 2.50 bits per heavy atom. The Kier molecular flexibility index (Phi) is 4.89. The van der Waals surface area contributed by atoms with Gasteiger partial charge >= 0.3 is 0 Å². The lowest BCUT2D eigenvalue weighted by Gasteiger charge is -2.24. The minimum absolute atomic E-state index is 0.0874. The van der Waals surface area contributed by atoms with Crippen molar-refractivity contribution >= 4 is 15.8 Å². The van der Waals surface area contributed by atoms with E-state index in [0.717, 1.165) is 0 Å². The van der Waals surface area contributed by atoms with Gasteiger partial charge in [0.25, 0.3) is 0 Å². The first-order chi connectivity index (χ1) is 7.47. The molecule has 6 heteroatoms. The largest absolute Gasteiger partial charge is 0.381 e. The van der Waals surface area contributed by atoms with Crippen molar-refractivity contribution in [2.45, 2.75) is 44.4 Å². The lowest BCUT2D eigenvalue weighted by Crippen LogP contribution is -2.44. The number of Topliss-reactive ketones (excluding diaryl/α,β-unsaturated/α-hetero) is 1. The van der Waals surface area contributed by atoms with E-state index in [1.54, 1.807) is 13.8 Å². The Balaban J connectivity index is 2.60. The summed E-state index contributed by atoms with van der Waals surface area (Å²) < 4.78 is 31.3. The number of ether oxygens (including phenoxy) is 1. The van der Waals surface area contributed by atoms with E-state index in [0.29, 0.717) is 32.5 Å². The van der Waals surface area contributed by atoms with Crippen LogP contribution in [0.25, 0.3) is 0 Å². The molecule has 1 heterocycles. The normalized spacial score (nSPS) is 20.6. The molecule has 94 valence electrons. The molecule has 5 nitrogen and oxygen atoms in total. The van der Waals surface area contributed by atoms with Crippen molar-refractivity contribution in [3.8, 4) is 0 Å². The molecule has 1 saturated heterocycles. The summed E-state index contributed by atoms with van der Waals surface area (Å²) in [6, 6.07) is -0.627. The minimum atomic E-state index is -3.39. The number of hydrogen-bond donors (Lipinski definition) is 1. The first-order valence-electron chi connectivity index (χ1n) is 5.59. The van der Waals surface area contributed by atoms with Gasteiger partial charge < -0.3 is 4.74 Å². The second-order valence-corrected chi connectivity index (χ2v) is 6.01. The molecular weight excluding hydrogens is 230 g/mol.